The summed E-state index contributed by atoms with van der Waals surface area (Å²) in [6.07, 6.45) is 5.23. The van der Waals surface area contributed by atoms with E-state index in [-0.39, 0.29) is 11.8 Å². The Morgan fingerprint density at radius 1 is 1.30 bits per heavy atom. The van der Waals surface area contributed by atoms with E-state index in [1.54, 1.807) is 6.07 Å². The standard InChI is InChI=1S/C20H27ClN4O2/c1-24-10-2-3-16(24)6-9-22-19(26)14-7-11-25(12-8-14)20-23-17-5-4-15(21)13-18(17)27-20/h4-5,13-14,16H,2-3,6-12H2,1H3,(H,22,26). The van der Waals surface area contributed by atoms with Crippen molar-refractivity contribution in [2.24, 2.45) is 5.92 Å². The summed E-state index contributed by atoms with van der Waals surface area (Å²) in [4.78, 5) is 21.5. The van der Waals surface area contributed by atoms with Gasteiger partial charge in [-0.2, -0.15) is 4.98 Å². The molecule has 2 aliphatic rings. The molecule has 0 radical (unpaired) electrons. The predicted molar refractivity (Wildman–Crippen MR) is 107 cm³/mol. The molecule has 4 rings (SSSR count). The summed E-state index contributed by atoms with van der Waals surface area (Å²) in [6.45, 7) is 3.52. The van der Waals surface area contributed by atoms with E-state index in [0.717, 1.165) is 44.4 Å². The lowest BCUT2D eigenvalue weighted by Crippen LogP contribution is -2.41. The molecule has 6 nitrogen and oxygen atoms in total. The maximum atomic E-state index is 12.5. The highest BCUT2D eigenvalue weighted by molar-refractivity contribution is 6.31. The number of amides is 1. The first-order valence-corrected chi connectivity index (χ1v) is 10.3. The second-order valence-corrected chi connectivity index (χ2v) is 8.16. The molecule has 7 heteroatoms. The number of halogens is 1. The van der Waals surface area contributed by atoms with Crippen LogP contribution in [0.15, 0.2) is 22.6 Å². The summed E-state index contributed by atoms with van der Waals surface area (Å²) in [7, 11) is 2.18. The van der Waals surface area contributed by atoms with E-state index in [0.29, 0.717) is 22.7 Å². The SMILES string of the molecule is CN1CCCC1CCNC(=O)C1CCN(c2nc3ccc(Cl)cc3o2)CC1. The molecule has 3 heterocycles. The van der Waals surface area contributed by atoms with E-state index >= 15 is 0 Å². The van der Waals surface area contributed by atoms with Gasteiger partial charge in [0.15, 0.2) is 5.58 Å². The minimum Gasteiger partial charge on any atom is -0.423 e. The van der Waals surface area contributed by atoms with Crippen molar-refractivity contribution in [2.45, 2.75) is 38.1 Å². The number of carbonyl (C=O) groups is 1. The summed E-state index contributed by atoms with van der Waals surface area (Å²) in [5, 5.41) is 3.79. The lowest BCUT2D eigenvalue weighted by Gasteiger charge is -2.30. The van der Waals surface area contributed by atoms with Gasteiger partial charge in [-0.25, -0.2) is 0 Å². The van der Waals surface area contributed by atoms with Crippen molar-refractivity contribution in [3.8, 4) is 0 Å². The Morgan fingerprint density at radius 3 is 2.85 bits per heavy atom. The Labute approximate surface area is 164 Å². The van der Waals surface area contributed by atoms with E-state index in [1.165, 1.54) is 19.4 Å². The molecule has 0 saturated carbocycles. The fourth-order valence-electron chi connectivity index (χ4n) is 4.20. The number of benzene rings is 1. The van der Waals surface area contributed by atoms with Crippen molar-refractivity contribution < 1.29 is 9.21 Å². The molecule has 2 fully saturated rings. The number of anilines is 1. The number of piperidine rings is 1. The maximum Gasteiger partial charge on any atom is 0.298 e. The molecule has 2 aliphatic heterocycles. The number of oxazole rings is 1. The summed E-state index contributed by atoms with van der Waals surface area (Å²) in [6, 6.07) is 6.72. The van der Waals surface area contributed by atoms with Crippen LogP contribution in [0.5, 0.6) is 0 Å². The molecule has 1 aromatic carbocycles. The topological polar surface area (TPSA) is 61.6 Å². The van der Waals surface area contributed by atoms with Gasteiger partial charge < -0.3 is 19.5 Å². The molecule has 0 spiro atoms. The van der Waals surface area contributed by atoms with E-state index in [2.05, 4.69) is 27.1 Å². The van der Waals surface area contributed by atoms with Crippen LogP contribution in [-0.4, -0.2) is 55.1 Å². The monoisotopic (exact) mass is 390 g/mol. The van der Waals surface area contributed by atoms with Crippen LogP contribution in [0.4, 0.5) is 6.01 Å². The molecule has 1 N–H and O–H groups in total. The molecule has 1 atom stereocenters. The molecule has 0 bridgehead atoms. The quantitative estimate of drug-likeness (QED) is 0.848. The normalized spacial score (nSPS) is 21.9. The van der Waals surface area contributed by atoms with Gasteiger partial charge in [0.05, 0.1) is 0 Å². The Morgan fingerprint density at radius 2 is 2.11 bits per heavy atom. The van der Waals surface area contributed by atoms with Crippen molar-refractivity contribution in [3.05, 3.63) is 23.2 Å². The van der Waals surface area contributed by atoms with Crippen molar-refractivity contribution in [1.82, 2.24) is 15.2 Å². The number of hydrogen-bond acceptors (Lipinski definition) is 5. The fourth-order valence-corrected chi connectivity index (χ4v) is 4.37. The molecule has 146 valence electrons. The van der Waals surface area contributed by atoms with Crippen LogP contribution in [0.2, 0.25) is 5.02 Å². The molecule has 27 heavy (non-hydrogen) atoms. The van der Waals surface area contributed by atoms with Gasteiger partial charge in [-0.1, -0.05) is 11.6 Å². The average molecular weight is 391 g/mol. The van der Waals surface area contributed by atoms with Gasteiger partial charge in [-0.15, -0.1) is 0 Å². The van der Waals surface area contributed by atoms with E-state index in [4.69, 9.17) is 16.0 Å². The summed E-state index contributed by atoms with van der Waals surface area (Å²) < 4.78 is 5.84. The second-order valence-electron chi connectivity index (χ2n) is 7.73. The number of aromatic nitrogens is 1. The fraction of sp³-hybridized carbons (Fsp3) is 0.600. The van der Waals surface area contributed by atoms with Gasteiger partial charge in [0.25, 0.3) is 6.01 Å². The maximum absolute atomic E-state index is 12.5. The van der Waals surface area contributed by atoms with Crippen LogP contribution in [0.3, 0.4) is 0 Å². The molecule has 1 amide bonds. The van der Waals surface area contributed by atoms with Crippen LogP contribution in [0, 0.1) is 5.92 Å². The van der Waals surface area contributed by atoms with E-state index in [9.17, 15) is 4.79 Å². The minimum atomic E-state index is 0.0846. The first-order valence-electron chi connectivity index (χ1n) is 9.89. The van der Waals surface area contributed by atoms with Gasteiger partial charge >= 0.3 is 0 Å². The smallest absolute Gasteiger partial charge is 0.298 e. The predicted octanol–water partition coefficient (Wildman–Crippen LogP) is 3.30. The molecule has 1 unspecified atom stereocenters. The minimum absolute atomic E-state index is 0.0846. The summed E-state index contributed by atoms with van der Waals surface area (Å²) in [5.74, 6) is 0.279. The molecular formula is C20H27ClN4O2. The van der Waals surface area contributed by atoms with Crippen LogP contribution < -0.4 is 10.2 Å². The number of likely N-dealkylation sites (tertiary alicyclic amines) is 1. The molecule has 2 saturated heterocycles. The highest BCUT2D eigenvalue weighted by Crippen LogP contribution is 2.28. The summed E-state index contributed by atoms with van der Waals surface area (Å²) in [5.41, 5.74) is 1.51. The Balaban J connectivity index is 1.25. The average Bonchev–Trinajstić information content (AvgIpc) is 3.27. The van der Waals surface area contributed by atoms with Gasteiger partial charge in [-0.05, 0) is 57.8 Å². The van der Waals surface area contributed by atoms with Crippen LogP contribution in [0.25, 0.3) is 11.1 Å². The van der Waals surface area contributed by atoms with Crippen molar-refractivity contribution in [1.29, 1.82) is 0 Å². The molecular weight excluding hydrogens is 364 g/mol. The highest BCUT2D eigenvalue weighted by atomic mass is 35.5. The van der Waals surface area contributed by atoms with Gasteiger partial charge in [0, 0.05) is 42.7 Å². The van der Waals surface area contributed by atoms with Crippen molar-refractivity contribution >= 4 is 34.6 Å². The zero-order chi connectivity index (χ0) is 18.8. The number of carbonyl (C=O) groups excluding carboxylic acids is 1. The lowest BCUT2D eigenvalue weighted by molar-refractivity contribution is -0.125. The van der Waals surface area contributed by atoms with Crippen LogP contribution in [0.1, 0.15) is 32.1 Å². The zero-order valence-electron chi connectivity index (χ0n) is 15.8. The third-order valence-electron chi connectivity index (χ3n) is 5.92. The van der Waals surface area contributed by atoms with Crippen LogP contribution >= 0.6 is 11.6 Å². The third kappa shape index (κ3) is 4.22. The lowest BCUT2D eigenvalue weighted by atomic mass is 9.96. The zero-order valence-corrected chi connectivity index (χ0v) is 16.5. The molecule has 2 aromatic rings. The number of nitrogens with zero attached hydrogens (tertiary/aromatic N) is 3. The van der Waals surface area contributed by atoms with Crippen molar-refractivity contribution in [3.63, 3.8) is 0 Å². The van der Waals surface area contributed by atoms with Gasteiger partial charge in [0.2, 0.25) is 5.91 Å². The van der Waals surface area contributed by atoms with Crippen molar-refractivity contribution in [2.75, 3.05) is 38.1 Å². The van der Waals surface area contributed by atoms with Crippen LogP contribution in [-0.2, 0) is 4.79 Å². The first-order chi connectivity index (χ1) is 13.1. The third-order valence-corrected chi connectivity index (χ3v) is 6.16. The first kappa shape index (κ1) is 18.6. The number of hydrogen-bond donors (Lipinski definition) is 1. The molecule has 0 aliphatic carbocycles. The summed E-state index contributed by atoms with van der Waals surface area (Å²) >= 11 is 6.01. The Bertz CT molecular complexity index is 800. The van der Waals surface area contributed by atoms with Gasteiger partial charge in [0.1, 0.15) is 5.52 Å². The molecule has 1 aromatic heterocycles. The Hall–Kier alpha value is -1.79. The van der Waals surface area contributed by atoms with Gasteiger partial charge in [-0.3, -0.25) is 4.79 Å². The largest absolute Gasteiger partial charge is 0.423 e. The van der Waals surface area contributed by atoms with E-state index in [1.807, 2.05) is 12.1 Å². The number of nitrogens with one attached hydrogen (secondary N) is 1. The Kier molecular flexibility index (Phi) is 5.55. The number of fused-ring (bicyclic) bond motifs is 1. The number of rotatable bonds is 5. The second kappa shape index (κ2) is 8.07. The highest BCUT2D eigenvalue weighted by Gasteiger charge is 2.27. The van der Waals surface area contributed by atoms with E-state index < -0.39 is 0 Å².